The Bertz CT molecular complexity index is 690. The highest BCUT2D eigenvalue weighted by molar-refractivity contribution is 5.93. The molecule has 2 aromatic carbocycles. The standard InChI is InChI=1S/C16H14FN3O/c1-11-2-5-14(8-15(11)17)19-10-16(21)20-13-6-3-12(9-18)4-7-13/h2-8,19H,10H2,1H3,(H,20,21). The number of halogens is 1. The van der Waals surface area contributed by atoms with Crippen LogP contribution < -0.4 is 10.6 Å². The van der Waals surface area contributed by atoms with E-state index in [1.807, 2.05) is 6.07 Å². The van der Waals surface area contributed by atoms with Crippen LogP contribution in [0.3, 0.4) is 0 Å². The largest absolute Gasteiger partial charge is 0.376 e. The van der Waals surface area contributed by atoms with E-state index < -0.39 is 0 Å². The van der Waals surface area contributed by atoms with Gasteiger partial charge in [0.1, 0.15) is 5.82 Å². The molecule has 0 atom stereocenters. The summed E-state index contributed by atoms with van der Waals surface area (Å²) < 4.78 is 13.4. The van der Waals surface area contributed by atoms with Gasteiger partial charge in [0.25, 0.3) is 0 Å². The number of aryl methyl sites for hydroxylation is 1. The normalized spacial score (nSPS) is 9.76. The number of anilines is 2. The Morgan fingerprint density at radius 1 is 1.19 bits per heavy atom. The number of carbonyl (C=O) groups excluding carboxylic acids is 1. The molecule has 2 aromatic rings. The molecule has 0 spiro atoms. The minimum atomic E-state index is -0.312. The SMILES string of the molecule is Cc1ccc(NCC(=O)Nc2ccc(C#N)cc2)cc1F. The molecular weight excluding hydrogens is 269 g/mol. The van der Waals surface area contributed by atoms with Crippen LogP contribution in [0.25, 0.3) is 0 Å². The second-order valence-corrected chi connectivity index (χ2v) is 4.55. The number of benzene rings is 2. The number of carbonyl (C=O) groups is 1. The summed E-state index contributed by atoms with van der Waals surface area (Å²) in [6.07, 6.45) is 0. The van der Waals surface area contributed by atoms with Crippen LogP contribution in [-0.4, -0.2) is 12.5 Å². The molecule has 1 amide bonds. The third-order valence-electron chi connectivity index (χ3n) is 2.92. The molecule has 0 saturated heterocycles. The van der Waals surface area contributed by atoms with E-state index in [0.717, 1.165) is 0 Å². The van der Waals surface area contributed by atoms with Crippen molar-refractivity contribution in [1.29, 1.82) is 5.26 Å². The molecule has 0 aromatic heterocycles. The minimum absolute atomic E-state index is 0.0303. The molecule has 21 heavy (non-hydrogen) atoms. The maximum Gasteiger partial charge on any atom is 0.243 e. The van der Waals surface area contributed by atoms with Gasteiger partial charge in [-0.25, -0.2) is 4.39 Å². The van der Waals surface area contributed by atoms with E-state index in [-0.39, 0.29) is 18.3 Å². The van der Waals surface area contributed by atoms with E-state index in [9.17, 15) is 9.18 Å². The van der Waals surface area contributed by atoms with Crippen molar-refractivity contribution in [2.45, 2.75) is 6.92 Å². The van der Waals surface area contributed by atoms with Gasteiger partial charge in [-0.15, -0.1) is 0 Å². The number of nitriles is 1. The molecule has 0 heterocycles. The summed E-state index contributed by atoms with van der Waals surface area (Å²) in [4.78, 5) is 11.8. The molecule has 4 nitrogen and oxygen atoms in total. The summed E-state index contributed by atoms with van der Waals surface area (Å²) in [5, 5.41) is 14.2. The quantitative estimate of drug-likeness (QED) is 0.906. The van der Waals surface area contributed by atoms with Crippen LogP contribution >= 0.6 is 0 Å². The lowest BCUT2D eigenvalue weighted by Gasteiger charge is -2.08. The second-order valence-electron chi connectivity index (χ2n) is 4.55. The maximum atomic E-state index is 13.4. The van der Waals surface area contributed by atoms with Crippen LogP contribution in [0.4, 0.5) is 15.8 Å². The van der Waals surface area contributed by atoms with E-state index in [1.54, 1.807) is 43.3 Å². The van der Waals surface area contributed by atoms with Crippen molar-refractivity contribution >= 4 is 17.3 Å². The van der Waals surface area contributed by atoms with Gasteiger partial charge < -0.3 is 10.6 Å². The highest BCUT2D eigenvalue weighted by Gasteiger charge is 2.04. The van der Waals surface area contributed by atoms with Crippen molar-refractivity contribution in [3.63, 3.8) is 0 Å². The zero-order chi connectivity index (χ0) is 15.2. The second kappa shape index (κ2) is 6.53. The van der Waals surface area contributed by atoms with E-state index in [4.69, 9.17) is 5.26 Å². The minimum Gasteiger partial charge on any atom is -0.376 e. The van der Waals surface area contributed by atoms with Crippen LogP contribution in [0.1, 0.15) is 11.1 Å². The first kappa shape index (κ1) is 14.5. The number of hydrogen-bond donors (Lipinski definition) is 2. The van der Waals surface area contributed by atoms with Gasteiger partial charge in [0.05, 0.1) is 18.2 Å². The Labute approximate surface area is 122 Å². The van der Waals surface area contributed by atoms with Crippen LogP contribution in [0.5, 0.6) is 0 Å². The molecule has 0 aliphatic rings. The number of hydrogen-bond acceptors (Lipinski definition) is 3. The fourth-order valence-electron chi connectivity index (χ4n) is 1.72. The lowest BCUT2D eigenvalue weighted by molar-refractivity contribution is -0.114. The van der Waals surface area contributed by atoms with Gasteiger partial charge in [-0.2, -0.15) is 5.26 Å². The van der Waals surface area contributed by atoms with Gasteiger partial charge in [0, 0.05) is 11.4 Å². The molecule has 0 aliphatic carbocycles. The van der Waals surface area contributed by atoms with Gasteiger partial charge in [-0.05, 0) is 48.9 Å². The molecule has 0 radical (unpaired) electrons. The van der Waals surface area contributed by atoms with Crippen molar-refractivity contribution in [3.8, 4) is 6.07 Å². The van der Waals surface area contributed by atoms with Crippen LogP contribution in [0.2, 0.25) is 0 Å². The number of amides is 1. The zero-order valence-electron chi connectivity index (χ0n) is 11.5. The number of rotatable bonds is 4. The van der Waals surface area contributed by atoms with Gasteiger partial charge in [-0.3, -0.25) is 4.79 Å². The van der Waals surface area contributed by atoms with Crippen LogP contribution in [0.15, 0.2) is 42.5 Å². The predicted octanol–water partition coefficient (Wildman–Crippen LogP) is 3.06. The van der Waals surface area contributed by atoms with Crippen molar-refractivity contribution in [2.75, 3.05) is 17.2 Å². The number of nitrogens with zero attached hydrogens (tertiary/aromatic N) is 1. The van der Waals surface area contributed by atoms with E-state index in [1.165, 1.54) is 6.07 Å². The van der Waals surface area contributed by atoms with E-state index >= 15 is 0 Å². The molecule has 2 rings (SSSR count). The average Bonchev–Trinajstić information content (AvgIpc) is 2.49. The Hall–Kier alpha value is -2.87. The summed E-state index contributed by atoms with van der Waals surface area (Å²) in [7, 11) is 0. The molecule has 0 saturated carbocycles. The van der Waals surface area contributed by atoms with Crippen LogP contribution in [-0.2, 0) is 4.79 Å². The average molecular weight is 283 g/mol. The first-order chi connectivity index (χ1) is 10.1. The molecule has 106 valence electrons. The zero-order valence-corrected chi connectivity index (χ0v) is 11.5. The van der Waals surface area contributed by atoms with Crippen molar-refractivity contribution in [2.24, 2.45) is 0 Å². The highest BCUT2D eigenvalue weighted by Crippen LogP contribution is 2.13. The fourth-order valence-corrected chi connectivity index (χ4v) is 1.72. The Balaban J connectivity index is 1.89. The summed E-state index contributed by atoms with van der Waals surface area (Å²) >= 11 is 0. The third-order valence-corrected chi connectivity index (χ3v) is 2.92. The first-order valence-electron chi connectivity index (χ1n) is 6.38. The Morgan fingerprint density at radius 3 is 2.48 bits per heavy atom. The van der Waals surface area contributed by atoms with Gasteiger partial charge in [0.15, 0.2) is 0 Å². The summed E-state index contributed by atoms with van der Waals surface area (Å²) in [6, 6.07) is 13.3. The molecular formula is C16H14FN3O. The molecule has 0 bridgehead atoms. The smallest absolute Gasteiger partial charge is 0.243 e. The predicted molar refractivity (Wildman–Crippen MR) is 79.4 cm³/mol. The topological polar surface area (TPSA) is 64.9 Å². The Kier molecular flexibility index (Phi) is 4.52. The molecule has 2 N–H and O–H groups in total. The molecule has 0 unspecified atom stereocenters. The summed E-state index contributed by atoms with van der Waals surface area (Å²) in [5.41, 5.74) is 2.24. The van der Waals surface area contributed by atoms with Crippen molar-refractivity contribution < 1.29 is 9.18 Å². The van der Waals surface area contributed by atoms with Gasteiger partial charge >= 0.3 is 0 Å². The van der Waals surface area contributed by atoms with Gasteiger partial charge in [-0.1, -0.05) is 6.07 Å². The van der Waals surface area contributed by atoms with Gasteiger partial charge in [0.2, 0.25) is 5.91 Å². The maximum absolute atomic E-state index is 13.4. The summed E-state index contributed by atoms with van der Waals surface area (Å²) in [6.45, 7) is 1.71. The van der Waals surface area contributed by atoms with Crippen molar-refractivity contribution in [1.82, 2.24) is 0 Å². The monoisotopic (exact) mass is 283 g/mol. The fraction of sp³-hybridized carbons (Fsp3) is 0.125. The van der Waals surface area contributed by atoms with E-state index in [0.29, 0.717) is 22.5 Å². The third kappa shape index (κ3) is 4.05. The lowest BCUT2D eigenvalue weighted by atomic mass is 10.2. The number of nitrogens with one attached hydrogen (secondary N) is 2. The molecule has 5 heteroatoms. The summed E-state index contributed by atoms with van der Waals surface area (Å²) in [5.74, 6) is -0.562. The first-order valence-corrected chi connectivity index (χ1v) is 6.38. The van der Waals surface area contributed by atoms with Crippen molar-refractivity contribution in [3.05, 3.63) is 59.4 Å². The van der Waals surface area contributed by atoms with Crippen LogP contribution in [0, 0.1) is 24.1 Å². The molecule has 0 aliphatic heterocycles. The molecule has 0 fully saturated rings. The van der Waals surface area contributed by atoms with E-state index in [2.05, 4.69) is 10.6 Å². The Morgan fingerprint density at radius 2 is 1.86 bits per heavy atom. The lowest BCUT2D eigenvalue weighted by Crippen LogP contribution is -2.21. The highest BCUT2D eigenvalue weighted by atomic mass is 19.1.